The van der Waals surface area contributed by atoms with Crippen LogP contribution in [-0.4, -0.2) is 29.1 Å². The fourth-order valence-electron chi connectivity index (χ4n) is 4.19. The van der Waals surface area contributed by atoms with Gasteiger partial charge in [-0.2, -0.15) is 0 Å². The number of methoxy groups -OCH3 is 1. The number of nitrogens with zero attached hydrogens (tertiary/aromatic N) is 2. The van der Waals surface area contributed by atoms with Crippen molar-refractivity contribution in [1.82, 2.24) is 10.2 Å². The molecule has 8 heteroatoms. The van der Waals surface area contributed by atoms with E-state index >= 15 is 0 Å². The highest BCUT2D eigenvalue weighted by Gasteiger charge is 2.40. The molecule has 0 bridgehead atoms. The zero-order valence-corrected chi connectivity index (χ0v) is 21.0. The fourth-order valence-corrected chi connectivity index (χ4v) is 5.16. The zero-order valence-electron chi connectivity index (χ0n) is 20.2. The van der Waals surface area contributed by atoms with Gasteiger partial charge in [-0.3, -0.25) is 4.79 Å². The molecule has 2 aliphatic rings. The number of hydrogen-bond acceptors (Lipinski definition) is 6. The maximum atomic E-state index is 13.5. The monoisotopic (exact) mass is 493 g/mol. The fraction of sp³-hybridized carbons (Fsp3) is 0.296. The molecule has 2 aromatic rings. The van der Waals surface area contributed by atoms with E-state index in [0.717, 1.165) is 11.3 Å². The summed E-state index contributed by atoms with van der Waals surface area (Å²) in [4.78, 5) is 32.2. The topological polar surface area (TPSA) is 71.0 Å². The summed E-state index contributed by atoms with van der Waals surface area (Å²) < 4.78 is 18.6. The van der Waals surface area contributed by atoms with Crippen LogP contribution in [0.1, 0.15) is 55.8 Å². The number of hydrogen-bond donors (Lipinski definition) is 1. The summed E-state index contributed by atoms with van der Waals surface area (Å²) in [5, 5.41) is 5.45. The number of amides is 1. The molecular weight excluding hydrogens is 465 g/mol. The minimum absolute atomic E-state index is 0.0927. The van der Waals surface area contributed by atoms with E-state index in [-0.39, 0.29) is 24.7 Å². The molecule has 4 rings (SSSR count). The van der Waals surface area contributed by atoms with Gasteiger partial charge < -0.3 is 15.0 Å². The highest BCUT2D eigenvalue weighted by atomic mass is 32.2. The smallest absolute Gasteiger partial charge is 0.338 e. The number of benzene rings is 2. The van der Waals surface area contributed by atoms with E-state index in [1.54, 1.807) is 19.1 Å². The zero-order chi connectivity index (χ0) is 25.1. The number of allylic oxidation sites excluding steroid dienone is 1. The van der Waals surface area contributed by atoms with E-state index in [9.17, 15) is 14.0 Å². The Morgan fingerprint density at radius 3 is 2.60 bits per heavy atom. The van der Waals surface area contributed by atoms with Crippen molar-refractivity contribution in [2.24, 2.45) is 4.99 Å². The lowest BCUT2D eigenvalue weighted by Crippen LogP contribution is -2.37. The second-order valence-electron chi connectivity index (χ2n) is 8.79. The Kier molecular flexibility index (Phi) is 7.40. The first kappa shape index (κ1) is 24.7. The van der Waals surface area contributed by atoms with Crippen LogP contribution in [0.3, 0.4) is 0 Å². The Balaban J connectivity index is 1.60. The van der Waals surface area contributed by atoms with Crippen LogP contribution in [0.15, 0.2) is 75.9 Å². The largest absolute Gasteiger partial charge is 0.466 e. The molecule has 35 heavy (non-hydrogen) atoms. The van der Waals surface area contributed by atoms with E-state index in [0.29, 0.717) is 27.9 Å². The van der Waals surface area contributed by atoms with Gasteiger partial charge >= 0.3 is 5.97 Å². The molecule has 0 radical (unpaired) electrons. The van der Waals surface area contributed by atoms with E-state index in [4.69, 9.17) is 4.74 Å². The van der Waals surface area contributed by atoms with Gasteiger partial charge in [-0.15, -0.1) is 0 Å². The second-order valence-corrected chi connectivity index (χ2v) is 9.63. The van der Waals surface area contributed by atoms with Gasteiger partial charge in [0.2, 0.25) is 5.91 Å². The van der Waals surface area contributed by atoms with Gasteiger partial charge in [-0.25, -0.2) is 14.2 Å². The number of thioether (sulfide) groups is 1. The summed E-state index contributed by atoms with van der Waals surface area (Å²) in [7, 11) is 1.36. The predicted octanol–water partition coefficient (Wildman–Crippen LogP) is 5.40. The van der Waals surface area contributed by atoms with Gasteiger partial charge in [-0.05, 0) is 47.1 Å². The highest BCUT2D eigenvalue weighted by molar-refractivity contribution is 8.16. The quantitative estimate of drug-likeness (QED) is 0.523. The molecule has 0 saturated heterocycles. The Hall–Kier alpha value is -3.39. The molecule has 0 aliphatic carbocycles. The highest BCUT2D eigenvalue weighted by Crippen LogP contribution is 2.44. The van der Waals surface area contributed by atoms with Crippen LogP contribution in [0.5, 0.6) is 0 Å². The van der Waals surface area contributed by atoms with Gasteiger partial charge in [0, 0.05) is 12.2 Å². The SMILES string of the molecule is COC(=O)C1=C(C)N=C2SC=C(CC(=O)NCc3cccc(F)c3)N2[C@H]1c1ccc(C(C)C)cc1. The lowest BCUT2D eigenvalue weighted by Gasteiger charge is -2.36. The van der Waals surface area contributed by atoms with Gasteiger partial charge in [0.1, 0.15) is 5.82 Å². The van der Waals surface area contributed by atoms with Gasteiger partial charge in [0.05, 0.1) is 30.8 Å². The summed E-state index contributed by atoms with van der Waals surface area (Å²) in [6.07, 6.45) is 0.0927. The van der Waals surface area contributed by atoms with E-state index in [1.165, 1.54) is 36.6 Å². The van der Waals surface area contributed by atoms with Gasteiger partial charge in [0.15, 0.2) is 5.17 Å². The van der Waals surface area contributed by atoms with E-state index < -0.39 is 12.0 Å². The lowest BCUT2D eigenvalue weighted by molar-refractivity contribution is -0.136. The Labute approximate surface area is 209 Å². The third-order valence-electron chi connectivity index (χ3n) is 6.05. The van der Waals surface area contributed by atoms with Crippen LogP contribution >= 0.6 is 11.8 Å². The summed E-state index contributed by atoms with van der Waals surface area (Å²) in [6, 6.07) is 13.8. The minimum Gasteiger partial charge on any atom is -0.466 e. The van der Waals surface area contributed by atoms with Gasteiger partial charge in [0.25, 0.3) is 0 Å². The first-order valence-corrected chi connectivity index (χ1v) is 12.3. The molecule has 0 unspecified atom stereocenters. The number of amidine groups is 1. The number of carbonyl (C=O) groups excluding carboxylic acids is 2. The number of rotatable bonds is 7. The first-order valence-electron chi connectivity index (χ1n) is 11.4. The number of halogens is 1. The lowest BCUT2D eigenvalue weighted by atomic mass is 9.92. The van der Waals surface area contributed by atoms with Crippen molar-refractivity contribution < 1.29 is 18.7 Å². The molecule has 1 amide bonds. The van der Waals surface area contributed by atoms with Crippen molar-refractivity contribution in [1.29, 1.82) is 0 Å². The molecule has 2 aliphatic heterocycles. The van der Waals surface area contributed by atoms with Crippen LogP contribution in [0.4, 0.5) is 4.39 Å². The van der Waals surface area contributed by atoms with Crippen molar-refractivity contribution in [3.05, 3.63) is 93.4 Å². The Morgan fingerprint density at radius 2 is 1.94 bits per heavy atom. The molecule has 0 saturated carbocycles. The predicted molar refractivity (Wildman–Crippen MR) is 136 cm³/mol. The Morgan fingerprint density at radius 1 is 1.20 bits per heavy atom. The molecule has 0 aromatic heterocycles. The molecule has 0 fully saturated rings. The van der Waals surface area contributed by atoms with Crippen LogP contribution in [0, 0.1) is 5.82 Å². The molecular formula is C27H28FN3O3S. The van der Waals surface area contributed by atoms with Crippen LogP contribution in [-0.2, 0) is 20.9 Å². The first-order chi connectivity index (χ1) is 16.8. The summed E-state index contributed by atoms with van der Waals surface area (Å²) in [6.45, 7) is 6.29. The third kappa shape index (κ3) is 5.32. The summed E-state index contributed by atoms with van der Waals surface area (Å²) >= 11 is 1.42. The van der Waals surface area contributed by atoms with Crippen molar-refractivity contribution in [2.45, 2.75) is 45.7 Å². The molecule has 182 valence electrons. The maximum absolute atomic E-state index is 13.5. The minimum atomic E-state index is -0.464. The second kappa shape index (κ2) is 10.5. The molecule has 6 nitrogen and oxygen atoms in total. The number of ether oxygens (including phenoxy) is 1. The number of esters is 1. The van der Waals surface area contributed by atoms with E-state index in [1.807, 2.05) is 22.4 Å². The van der Waals surface area contributed by atoms with Crippen molar-refractivity contribution >= 4 is 28.8 Å². The van der Waals surface area contributed by atoms with Crippen LogP contribution in [0.2, 0.25) is 0 Å². The van der Waals surface area contributed by atoms with Crippen molar-refractivity contribution in [2.75, 3.05) is 7.11 Å². The number of nitrogens with one attached hydrogen (secondary N) is 1. The Bertz CT molecular complexity index is 1230. The van der Waals surface area contributed by atoms with Crippen LogP contribution < -0.4 is 5.32 Å². The molecule has 0 spiro atoms. The standard InChI is InChI=1S/C27H28FN3O3S/c1-16(2)19-8-10-20(11-9-19)25-24(26(33)34-4)17(3)30-27-31(25)22(15-35-27)13-23(32)29-14-18-6-5-7-21(28)12-18/h5-12,15-16,25H,13-14H2,1-4H3,(H,29,32)/t25-/m0/s1. The third-order valence-corrected chi connectivity index (χ3v) is 6.93. The summed E-state index contributed by atoms with van der Waals surface area (Å²) in [5.41, 5.74) is 4.57. The van der Waals surface area contributed by atoms with E-state index in [2.05, 4.69) is 36.3 Å². The number of carbonyl (C=O) groups is 2. The average Bonchev–Trinajstić information content (AvgIpc) is 3.23. The molecule has 2 aromatic carbocycles. The molecule has 2 heterocycles. The molecule has 1 atom stereocenters. The van der Waals surface area contributed by atoms with Crippen molar-refractivity contribution in [3.8, 4) is 0 Å². The molecule has 1 N–H and O–H groups in total. The van der Waals surface area contributed by atoms with Gasteiger partial charge in [-0.1, -0.05) is 62.0 Å². The summed E-state index contributed by atoms with van der Waals surface area (Å²) in [5.74, 6) is -0.619. The van der Waals surface area contributed by atoms with Crippen molar-refractivity contribution in [3.63, 3.8) is 0 Å². The van der Waals surface area contributed by atoms with Crippen LogP contribution in [0.25, 0.3) is 0 Å². The number of fused-ring (bicyclic) bond motifs is 1. The average molecular weight is 494 g/mol. The number of aliphatic imine (C=N–C) groups is 1. The normalized spacial score (nSPS) is 17.2. The maximum Gasteiger partial charge on any atom is 0.338 e.